The van der Waals surface area contributed by atoms with Crippen molar-refractivity contribution in [1.82, 2.24) is 4.90 Å². The molecular formula is C21H30ClNO5. The number of carbonyl (C=O) groups is 2. The van der Waals surface area contributed by atoms with Gasteiger partial charge in [-0.1, -0.05) is 11.6 Å². The van der Waals surface area contributed by atoms with Crippen LogP contribution in [0, 0.1) is 0 Å². The van der Waals surface area contributed by atoms with Gasteiger partial charge >= 0.3 is 5.97 Å². The van der Waals surface area contributed by atoms with Gasteiger partial charge in [-0.05, 0) is 65.3 Å². The van der Waals surface area contributed by atoms with E-state index in [1.165, 1.54) is 13.2 Å². The van der Waals surface area contributed by atoms with Gasteiger partial charge in [0.05, 0.1) is 18.7 Å². The van der Waals surface area contributed by atoms with Crippen LogP contribution in [0.15, 0.2) is 18.2 Å². The molecule has 0 fully saturated rings. The summed E-state index contributed by atoms with van der Waals surface area (Å²) in [5.74, 6) is 0.0829. The highest BCUT2D eigenvalue weighted by atomic mass is 35.5. The molecule has 0 saturated heterocycles. The van der Waals surface area contributed by atoms with Crippen molar-refractivity contribution < 1.29 is 23.8 Å². The standard InChI is InChI=1S/C21H30ClNO5/c1-8-27-18-12-16(11-17(22)20(18)26-7)9-10-19(24)28-15(6)21(25)23(13(2)3)14(4)5/h9-15H,8H2,1-7H3/b10-9+/t15-/m1/s1. The molecule has 156 valence electrons. The van der Waals surface area contributed by atoms with E-state index in [-0.39, 0.29) is 18.0 Å². The van der Waals surface area contributed by atoms with Gasteiger partial charge in [0.1, 0.15) is 0 Å². The maximum atomic E-state index is 12.5. The molecule has 6 nitrogen and oxygen atoms in total. The molecule has 0 N–H and O–H groups in total. The first-order valence-electron chi connectivity index (χ1n) is 9.33. The Hall–Kier alpha value is -2.21. The Morgan fingerprint density at radius 3 is 2.25 bits per heavy atom. The van der Waals surface area contributed by atoms with Crippen LogP contribution in [0.25, 0.3) is 6.08 Å². The first-order chi connectivity index (χ1) is 13.1. The quantitative estimate of drug-likeness (QED) is 0.446. The Balaban J connectivity index is 2.87. The number of esters is 1. The lowest BCUT2D eigenvalue weighted by atomic mass is 10.2. The molecule has 0 unspecified atom stereocenters. The zero-order valence-corrected chi connectivity index (χ0v) is 18.4. The Morgan fingerprint density at radius 2 is 1.75 bits per heavy atom. The minimum atomic E-state index is -0.875. The SMILES string of the molecule is CCOc1cc(/C=C/C(=O)O[C@H](C)C(=O)N(C(C)C)C(C)C)cc(Cl)c1OC. The van der Waals surface area contributed by atoms with Crippen molar-refractivity contribution in [2.75, 3.05) is 13.7 Å². The van der Waals surface area contributed by atoms with Crippen LogP contribution in [0.1, 0.15) is 47.1 Å². The average molecular weight is 412 g/mol. The van der Waals surface area contributed by atoms with Crippen LogP contribution < -0.4 is 9.47 Å². The van der Waals surface area contributed by atoms with Crippen molar-refractivity contribution in [2.24, 2.45) is 0 Å². The number of ether oxygens (including phenoxy) is 3. The van der Waals surface area contributed by atoms with Gasteiger partial charge in [-0.15, -0.1) is 0 Å². The van der Waals surface area contributed by atoms with Crippen LogP contribution in [0.2, 0.25) is 5.02 Å². The van der Waals surface area contributed by atoms with Crippen molar-refractivity contribution in [3.63, 3.8) is 0 Å². The Bertz CT molecular complexity index is 707. The minimum absolute atomic E-state index is 0.0163. The third-order valence-corrected chi connectivity index (χ3v) is 4.24. The number of carbonyl (C=O) groups excluding carboxylic acids is 2. The molecule has 1 aromatic carbocycles. The topological polar surface area (TPSA) is 65.1 Å². The number of halogens is 1. The number of amides is 1. The molecule has 0 aliphatic rings. The summed E-state index contributed by atoms with van der Waals surface area (Å²) in [6.07, 6.45) is 1.93. The normalized spacial score (nSPS) is 12.4. The van der Waals surface area contributed by atoms with Gasteiger partial charge in [0.15, 0.2) is 17.6 Å². The second-order valence-electron chi connectivity index (χ2n) is 6.81. The number of hydrogen-bond donors (Lipinski definition) is 0. The van der Waals surface area contributed by atoms with E-state index in [1.54, 1.807) is 30.0 Å². The predicted octanol–water partition coefficient (Wildman–Crippen LogP) is 4.34. The van der Waals surface area contributed by atoms with Crippen LogP contribution in [0.5, 0.6) is 11.5 Å². The molecule has 0 aromatic heterocycles. The number of benzene rings is 1. The predicted molar refractivity (Wildman–Crippen MR) is 111 cm³/mol. The van der Waals surface area contributed by atoms with Crippen LogP contribution >= 0.6 is 11.6 Å². The summed E-state index contributed by atoms with van der Waals surface area (Å²) in [5, 5.41) is 0.370. The van der Waals surface area contributed by atoms with E-state index in [0.717, 1.165) is 0 Å². The summed E-state index contributed by atoms with van der Waals surface area (Å²) >= 11 is 6.20. The molecule has 0 aliphatic carbocycles. The van der Waals surface area contributed by atoms with Gasteiger partial charge in [-0.2, -0.15) is 0 Å². The number of rotatable bonds is 9. The highest BCUT2D eigenvalue weighted by Gasteiger charge is 2.27. The molecule has 0 heterocycles. The zero-order valence-electron chi connectivity index (χ0n) is 17.6. The fourth-order valence-electron chi connectivity index (χ4n) is 2.89. The molecule has 0 spiro atoms. The largest absolute Gasteiger partial charge is 0.491 e. The van der Waals surface area contributed by atoms with Crippen molar-refractivity contribution >= 4 is 29.6 Å². The maximum absolute atomic E-state index is 12.5. The third-order valence-electron chi connectivity index (χ3n) is 3.96. The van der Waals surface area contributed by atoms with Crippen molar-refractivity contribution in [2.45, 2.75) is 59.7 Å². The smallest absolute Gasteiger partial charge is 0.331 e. The van der Waals surface area contributed by atoms with Crippen LogP contribution in [-0.2, 0) is 14.3 Å². The van der Waals surface area contributed by atoms with E-state index in [0.29, 0.717) is 28.7 Å². The summed E-state index contributed by atoms with van der Waals surface area (Å²) in [5.41, 5.74) is 0.649. The molecule has 0 bridgehead atoms. The lowest BCUT2D eigenvalue weighted by Gasteiger charge is -2.32. The van der Waals surface area contributed by atoms with E-state index in [1.807, 2.05) is 34.6 Å². The number of nitrogens with zero attached hydrogens (tertiary/aromatic N) is 1. The Morgan fingerprint density at radius 1 is 1.14 bits per heavy atom. The molecule has 28 heavy (non-hydrogen) atoms. The zero-order chi connectivity index (χ0) is 21.4. The van der Waals surface area contributed by atoms with Gasteiger partial charge in [-0.3, -0.25) is 4.79 Å². The van der Waals surface area contributed by atoms with Crippen LogP contribution in [-0.4, -0.2) is 48.7 Å². The van der Waals surface area contributed by atoms with E-state index >= 15 is 0 Å². The van der Waals surface area contributed by atoms with Gasteiger partial charge in [0.25, 0.3) is 5.91 Å². The lowest BCUT2D eigenvalue weighted by molar-refractivity contribution is -0.157. The molecule has 0 radical (unpaired) electrons. The molecular weight excluding hydrogens is 382 g/mol. The summed E-state index contributed by atoms with van der Waals surface area (Å²) in [7, 11) is 1.51. The molecule has 1 rings (SSSR count). The molecule has 1 amide bonds. The van der Waals surface area contributed by atoms with E-state index in [4.69, 9.17) is 25.8 Å². The second kappa shape index (κ2) is 11.0. The fourth-order valence-corrected chi connectivity index (χ4v) is 3.18. The fraction of sp³-hybridized carbons (Fsp3) is 0.524. The number of methoxy groups -OCH3 is 1. The van der Waals surface area contributed by atoms with E-state index in [9.17, 15) is 9.59 Å². The summed E-state index contributed by atoms with van der Waals surface area (Å²) in [4.78, 5) is 26.4. The van der Waals surface area contributed by atoms with Crippen molar-refractivity contribution in [3.05, 3.63) is 28.8 Å². The highest BCUT2D eigenvalue weighted by Crippen LogP contribution is 2.36. The molecule has 0 aliphatic heterocycles. The van der Waals surface area contributed by atoms with Crippen molar-refractivity contribution in [1.29, 1.82) is 0 Å². The lowest BCUT2D eigenvalue weighted by Crippen LogP contribution is -2.47. The van der Waals surface area contributed by atoms with Gasteiger partial charge in [0.2, 0.25) is 0 Å². The van der Waals surface area contributed by atoms with E-state index < -0.39 is 12.1 Å². The average Bonchev–Trinajstić information content (AvgIpc) is 2.59. The Labute approximate surface area is 172 Å². The van der Waals surface area contributed by atoms with Gasteiger partial charge < -0.3 is 19.1 Å². The Kier molecular flexibility index (Phi) is 9.32. The first kappa shape index (κ1) is 23.8. The minimum Gasteiger partial charge on any atom is -0.491 e. The molecule has 0 saturated carbocycles. The van der Waals surface area contributed by atoms with Crippen LogP contribution in [0.4, 0.5) is 0 Å². The summed E-state index contributed by atoms with van der Waals surface area (Å²) in [6, 6.07) is 3.40. The van der Waals surface area contributed by atoms with E-state index in [2.05, 4.69) is 0 Å². The molecule has 1 atom stereocenters. The summed E-state index contributed by atoms with van der Waals surface area (Å²) < 4.78 is 16.0. The molecule has 1 aromatic rings. The maximum Gasteiger partial charge on any atom is 0.331 e. The highest BCUT2D eigenvalue weighted by molar-refractivity contribution is 6.32. The van der Waals surface area contributed by atoms with Gasteiger partial charge in [-0.25, -0.2) is 4.79 Å². The third kappa shape index (κ3) is 6.44. The van der Waals surface area contributed by atoms with Gasteiger partial charge in [0, 0.05) is 18.2 Å². The molecule has 7 heteroatoms. The number of hydrogen-bond acceptors (Lipinski definition) is 5. The van der Waals surface area contributed by atoms with Crippen LogP contribution in [0.3, 0.4) is 0 Å². The first-order valence-corrected chi connectivity index (χ1v) is 9.71. The monoisotopic (exact) mass is 411 g/mol. The summed E-state index contributed by atoms with van der Waals surface area (Å²) in [6.45, 7) is 11.6. The van der Waals surface area contributed by atoms with Crippen molar-refractivity contribution in [3.8, 4) is 11.5 Å². The second-order valence-corrected chi connectivity index (χ2v) is 7.22.